The molecule has 17 heavy (non-hydrogen) atoms. The Bertz CT molecular complexity index is 270. The fourth-order valence-corrected chi connectivity index (χ4v) is 1.99. The molecule has 1 aliphatic rings. The lowest BCUT2D eigenvalue weighted by Gasteiger charge is -2.23. The molecule has 2 amide bonds. The highest BCUT2D eigenvalue weighted by Crippen LogP contribution is 2.19. The number of aliphatic carboxylic acids is 1. The summed E-state index contributed by atoms with van der Waals surface area (Å²) < 4.78 is 5.11. The number of nitrogens with zero attached hydrogens (tertiary/aromatic N) is 1. The molecule has 1 heterocycles. The molecule has 6 heteroatoms. The van der Waals surface area contributed by atoms with Crippen molar-refractivity contribution in [1.29, 1.82) is 0 Å². The number of nitrogens with one attached hydrogen (secondary N) is 1. The first-order valence-electron chi connectivity index (χ1n) is 5.99. The summed E-state index contributed by atoms with van der Waals surface area (Å²) >= 11 is 0. The van der Waals surface area contributed by atoms with Crippen LogP contribution in [0.15, 0.2) is 0 Å². The SMILES string of the molecule is CCOCCNC(=O)N1CCCC1CC(=O)O. The molecule has 98 valence electrons. The smallest absolute Gasteiger partial charge is 0.317 e. The third-order valence-corrected chi connectivity index (χ3v) is 2.77. The van der Waals surface area contributed by atoms with Crippen molar-refractivity contribution in [2.24, 2.45) is 0 Å². The molecule has 0 aromatic heterocycles. The van der Waals surface area contributed by atoms with Crippen LogP contribution in [-0.2, 0) is 9.53 Å². The van der Waals surface area contributed by atoms with Crippen molar-refractivity contribution < 1.29 is 19.4 Å². The van der Waals surface area contributed by atoms with E-state index in [4.69, 9.17) is 9.84 Å². The summed E-state index contributed by atoms with van der Waals surface area (Å²) in [6.07, 6.45) is 1.67. The second kappa shape index (κ2) is 7.11. The van der Waals surface area contributed by atoms with Gasteiger partial charge in [-0.15, -0.1) is 0 Å². The Morgan fingerprint density at radius 3 is 2.94 bits per heavy atom. The number of likely N-dealkylation sites (tertiary alicyclic amines) is 1. The van der Waals surface area contributed by atoms with E-state index in [2.05, 4.69) is 5.32 Å². The Kier molecular flexibility index (Phi) is 5.76. The zero-order valence-corrected chi connectivity index (χ0v) is 10.1. The lowest BCUT2D eigenvalue weighted by Crippen LogP contribution is -2.44. The first-order valence-corrected chi connectivity index (χ1v) is 5.99. The molecule has 1 fully saturated rings. The van der Waals surface area contributed by atoms with Crippen molar-refractivity contribution in [3.8, 4) is 0 Å². The van der Waals surface area contributed by atoms with Gasteiger partial charge in [-0.2, -0.15) is 0 Å². The number of ether oxygens (including phenoxy) is 1. The zero-order valence-electron chi connectivity index (χ0n) is 10.1. The van der Waals surface area contributed by atoms with E-state index < -0.39 is 5.97 Å². The Hall–Kier alpha value is -1.30. The van der Waals surface area contributed by atoms with E-state index in [0.29, 0.717) is 26.3 Å². The van der Waals surface area contributed by atoms with Gasteiger partial charge in [0.15, 0.2) is 0 Å². The minimum Gasteiger partial charge on any atom is -0.481 e. The molecule has 1 aliphatic heterocycles. The number of urea groups is 1. The standard InChI is InChI=1S/C11H20N2O4/c1-2-17-7-5-12-11(16)13-6-3-4-9(13)8-10(14)15/h9H,2-8H2,1H3,(H,12,16)(H,14,15). The van der Waals surface area contributed by atoms with Gasteiger partial charge in [0.1, 0.15) is 0 Å². The molecule has 0 radical (unpaired) electrons. The van der Waals surface area contributed by atoms with Gasteiger partial charge < -0.3 is 20.1 Å². The normalized spacial score (nSPS) is 19.4. The molecule has 0 bridgehead atoms. The van der Waals surface area contributed by atoms with Crippen LogP contribution in [0.2, 0.25) is 0 Å². The molecule has 0 spiro atoms. The molecular formula is C11H20N2O4. The van der Waals surface area contributed by atoms with Crippen LogP contribution in [-0.4, -0.2) is 54.4 Å². The lowest BCUT2D eigenvalue weighted by atomic mass is 10.1. The summed E-state index contributed by atoms with van der Waals surface area (Å²) in [6, 6.07) is -0.354. The number of carboxylic acid groups (broad SMARTS) is 1. The van der Waals surface area contributed by atoms with Gasteiger partial charge in [-0.25, -0.2) is 4.79 Å². The number of carboxylic acids is 1. The van der Waals surface area contributed by atoms with Crippen molar-refractivity contribution in [3.63, 3.8) is 0 Å². The number of carbonyl (C=O) groups excluding carboxylic acids is 1. The summed E-state index contributed by atoms with van der Waals surface area (Å²) in [7, 11) is 0. The average Bonchev–Trinajstić information content (AvgIpc) is 2.71. The maximum atomic E-state index is 11.8. The van der Waals surface area contributed by atoms with Crippen LogP contribution < -0.4 is 5.32 Å². The van der Waals surface area contributed by atoms with Gasteiger partial charge in [0.25, 0.3) is 0 Å². The van der Waals surface area contributed by atoms with E-state index in [0.717, 1.165) is 12.8 Å². The highest BCUT2D eigenvalue weighted by Gasteiger charge is 2.29. The van der Waals surface area contributed by atoms with Gasteiger partial charge >= 0.3 is 12.0 Å². The quantitative estimate of drug-likeness (QED) is 0.673. The maximum Gasteiger partial charge on any atom is 0.317 e. The second-order valence-electron chi connectivity index (χ2n) is 4.02. The summed E-state index contributed by atoms with van der Waals surface area (Å²) in [5, 5.41) is 11.5. The predicted molar refractivity (Wildman–Crippen MR) is 61.9 cm³/mol. The average molecular weight is 244 g/mol. The third-order valence-electron chi connectivity index (χ3n) is 2.77. The van der Waals surface area contributed by atoms with Crippen molar-refractivity contribution in [1.82, 2.24) is 10.2 Å². The number of rotatable bonds is 6. The maximum absolute atomic E-state index is 11.8. The van der Waals surface area contributed by atoms with Crippen LogP contribution >= 0.6 is 0 Å². The van der Waals surface area contributed by atoms with Crippen molar-refractivity contribution in [2.75, 3.05) is 26.3 Å². The minimum absolute atomic E-state index is 0.0267. The van der Waals surface area contributed by atoms with Crippen molar-refractivity contribution >= 4 is 12.0 Å². The molecular weight excluding hydrogens is 224 g/mol. The Labute approximate surface area is 101 Å². The third kappa shape index (κ3) is 4.60. The fourth-order valence-electron chi connectivity index (χ4n) is 1.99. The monoisotopic (exact) mass is 244 g/mol. The highest BCUT2D eigenvalue weighted by molar-refractivity contribution is 5.76. The first-order chi connectivity index (χ1) is 8.15. The van der Waals surface area contributed by atoms with Gasteiger partial charge in [-0.1, -0.05) is 0 Å². The molecule has 1 saturated heterocycles. The van der Waals surface area contributed by atoms with Crippen LogP contribution in [0.3, 0.4) is 0 Å². The topological polar surface area (TPSA) is 78.9 Å². The van der Waals surface area contributed by atoms with Crippen molar-refractivity contribution in [2.45, 2.75) is 32.2 Å². The Balaban J connectivity index is 2.31. The minimum atomic E-state index is -0.857. The van der Waals surface area contributed by atoms with E-state index in [9.17, 15) is 9.59 Å². The summed E-state index contributed by atoms with van der Waals surface area (Å²) in [5.74, 6) is -0.857. The summed E-state index contributed by atoms with van der Waals surface area (Å²) in [6.45, 7) is 4.10. The predicted octanol–water partition coefficient (Wildman–Crippen LogP) is 0.672. The van der Waals surface area contributed by atoms with Crippen LogP contribution in [0.5, 0.6) is 0 Å². The van der Waals surface area contributed by atoms with Crippen LogP contribution in [0.25, 0.3) is 0 Å². The second-order valence-corrected chi connectivity index (χ2v) is 4.02. The molecule has 0 aromatic carbocycles. The van der Waals surface area contributed by atoms with Gasteiger partial charge in [-0.05, 0) is 19.8 Å². The molecule has 0 aliphatic carbocycles. The van der Waals surface area contributed by atoms with Crippen LogP contribution in [0.1, 0.15) is 26.2 Å². The van der Waals surface area contributed by atoms with E-state index in [1.54, 1.807) is 4.90 Å². The first kappa shape index (κ1) is 13.8. The molecule has 1 rings (SSSR count). The molecule has 2 N–H and O–H groups in total. The largest absolute Gasteiger partial charge is 0.481 e. The summed E-state index contributed by atoms with van der Waals surface area (Å²) in [4.78, 5) is 24.0. The Morgan fingerprint density at radius 1 is 1.53 bits per heavy atom. The highest BCUT2D eigenvalue weighted by atomic mass is 16.5. The van der Waals surface area contributed by atoms with E-state index in [1.165, 1.54) is 0 Å². The van der Waals surface area contributed by atoms with Gasteiger partial charge in [0.2, 0.25) is 0 Å². The number of hydrogen-bond donors (Lipinski definition) is 2. The number of carbonyl (C=O) groups is 2. The van der Waals surface area contributed by atoms with E-state index in [1.807, 2.05) is 6.92 Å². The van der Waals surface area contributed by atoms with Crippen LogP contribution in [0.4, 0.5) is 4.79 Å². The van der Waals surface area contributed by atoms with E-state index >= 15 is 0 Å². The number of hydrogen-bond acceptors (Lipinski definition) is 3. The fraction of sp³-hybridized carbons (Fsp3) is 0.818. The van der Waals surface area contributed by atoms with E-state index in [-0.39, 0.29) is 18.5 Å². The molecule has 0 aromatic rings. The van der Waals surface area contributed by atoms with Gasteiger partial charge in [0.05, 0.1) is 13.0 Å². The molecule has 6 nitrogen and oxygen atoms in total. The van der Waals surface area contributed by atoms with Crippen LogP contribution in [0, 0.1) is 0 Å². The molecule has 1 unspecified atom stereocenters. The Morgan fingerprint density at radius 2 is 2.29 bits per heavy atom. The number of amides is 2. The lowest BCUT2D eigenvalue weighted by molar-refractivity contribution is -0.137. The zero-order chi connectivity index (χ0) is 12.7. The van der Waals surface area contributed by atoms with Crippen molar-refractivity contribution in [3.05, 3.63) is 0 Å². The van der Waals surface area contributed by atoms with Gasteiger partial charge in [-0.3, -0.25) is 4.79 Å². The molecule has 0 saturated carbocycles. The molecule has 1 atom stereocenters. The summed E-state index contributed by atoms with van der Waals surface area (Å²) in [5.41, 5.74) is 0. The van der Waals surface area contributed by atoms with Gasteiger partial charge in [0, 0.05) is 25.7 Å².